The average molecular weight is 641 g/mol. The maximum atomic E-state index is 14.6. The fourth-order valence-electron chi connectivity index (χ4n) is 8.76. The molecule has 3 fully saturated rings. The maximum absolute atomic E-state index is 14.6. The molecular formula is C36H44N4O5Si. The monoisotopic (exact) mass is 640 g/mol. The number of para-hydroxylation sites is 2. The molecule has 0 saturated carbocycles. The first-order valence-corrected chi connectivity index (χ1v) is 19.5. The van der Waals surface area contributed by atoms with E-state index in [0.717, 1.165) is 54.1 Å². The Morgan fingerprint density at radius 1 is 0.935 bits per heavy atom. The molecule has 0 unspecified atom stereocenters. The number of piperidine rings is 1. The Balaban J connectivity index is 1.21. The molecule has 2 spiro atoms. The second-order valence-corrected chi connectivity index (χ2v) is 17.8. The second kappa shape index (κ2) is 11.6. The highest BCUT2D eigenvalue weighted by molar-refractivity contribution is 6.71. The zero-order chi connectivity index (χ0) is 32.3. The minimum Gasteiger partial charge on any atom is -0.432 e. The van der Waals surface area contributed by atoms with Crippen LogP contribution >= 0.6 is 0 Å². The van der Waals surface area contributed by atoms with E-state index in [1.807, 2.05) is 91.6 Å². The molecule has 4 atom stereocenters. The van der Waals surface area contributed by atoms with Gasteiger partial charge in [0.1, 0.15) is 5.54 Å². The molecule has 46 heavy (non-hydrogen) atoms. The summed E-state index contributed by atoms with van der Waals surface area (Å²) in [4.78, 5) is 46.2. The van der Waals surface area contributed by atoms with Crippen LogP contribution < -0.4 is 20.0 Å². The van der Waals surface area contributed by atoms with Crippen LogP contribution in [0, 0.1) is 5.92 Å². The number of nitrogens with zero attached hydrogens (tertiary/aromatic N) is 3. The summed E-state index contributed by atoms with van der Waals surface area (Å²) in [6.07, 6.45) is 1.43. The number of amides is 2. The van der Waals surface area contributed by atoms with E-state index in [-0.39, 0.29) is 29.9 Å². The highest BCUT2D eigenvalue weighted by Gasteiger charge is 2.66. The molecule has 0 aliphatic carbocycles. The van der Waals surface area contributed by atoms with Crippen molar-refractivity contribution in [2.75, 3.05) is 41.1 Å². The van der Waals surface area contributed by atoms with Gasteiger partial charge in [-0.25, -0.2) is 0 Å². The minimum atomic E-state index is -2.76. The van der Waals surface area contributed by atoms with Gasteiger partial charge in [0.05, 0.1) is 25.0 Å². The molecule has 2 amide bonds. The van der Waals surface area contributed by atoms with E-state index < -0.39 is 25.6 Å². The second-order valence-electron chi connectivity index (χ2n) is 13.9. The number of aliphatic hydroxyl groups is 1. The number of anilines is 3. The number of fused-ring (bicyclic) bond motifs is 2. The van der Waals surface area contributed by atoms with Gasteiger partial charge >= 0.3 is 0 Å². The normalized spacial score (nSPS) is 27.3. The maximum Gasteiger partial charge on any atom is 0.264 e. The first kappa shape index (κ1) is 31.1. The van der Waals surface area contributed by atoms with Gasteiger partial charge < -0.3 is 29.8 Å². The van der Waals surface area contributed by atoms with Crippen molar-refractivity contribution in [3.8, 4) is 0 Å². The molecule has 9 nitrogen and oxygen atoms in total. The summed E-state index contributed by atoms with van der Waals surface area (Å²) in [5, 5.41) is 13.3. The highest BCUT2D eigenvalue weighted by atomic mass is 28.4. The number of ether oxygens (including phenoxy) is 1. The van der Waals surface area contributed by atoms with E-state index in [1.165, 1.54) is 0 Å². The molecule has 3 aromatic carbocycles. The number of hydrogen-bond donors (Lipinski definition) is 3. The predicted molar refractivity (Wildman–Crippen MR) is 181 cm³/mol. The van der Waals surface area contributed by atoms with Crippen molar-refractivity contribution >= 4 is 37.2 Å². The van der Waals surface area contributed by atoms with Crippen LogP contribution in [0.15, 0.2) is 78.9 Å². The van der Waals surface area contributed by atoms with Gasteiger partial charge in [0.15, 0.2) is 13.9 Å². The van der Waals surface area contributed by atoms with Gasteiger partial charge in [-0.1, -0.05) is 55.5 Å². The number of carbonyl (C=O) groups is 2. The van der Waals surface area contributed by atoms with Gasteiger partial charge in [-0.2, -0.15) is 0 Å². The van der Waals surface area contributed by atoms with E-state index in [9.17, 15) is 19.5 Å². The summed E-state index contributed by atoms with van der Waals surface area (Å²) in [7, 11) is -2.76. The smallest absolute Gasteiger partial charge is 0.264 e. The van der Waals surface area contributed by atoms with Crippen LogP contribution in [0.25, 0.3) is 0 Å². The fourth-order valence-corrected chi connectivity index (χ4v) is 11.4. The van der Waals surface area contributed by atoms with Crippen molar-refractivity contribution in [1.82, 2.24) is 5.32 Å². The number of benzene rings is 3. The minimum absolute atomic E-state index is 0.0739. The van der Waals surface area contributed by atoms with E-state index in [1.54, 1.807) is 4.90 Å². The summed E-state index contributed by atoms with van der Waals surface area (Å²) < 4.78 is 6.71. The first-order chi connectivity index (χ1) is 22.1. The van der Waals surface area contributed by atoms with Gasteiger partial charge in [-0.05, 0) is 81.3 Å². The standard InChI is InChI=1S/C36H44N4O5Si/c1-25-32(46(2,3)44)31(16-21-41)45-36(25)29-14-7-8-15-30(29)38(34(36)43)23-26-10-9-13-28(22-26)39-24-40(27-11-5-4-6-12-27)35(33(39)42)17-19-37-20-18-35/h4-15,22,25,31-32,37,41,44H,16-21,23-24H2,1-3H3/t25-,31+,32-,36+/m1/s1. The van der Waals surface area contributed by atoms with Crippen LogP contribution in [-0.4, -0.2) is 68.0 Å². The number of rotatable bonds is 7. The van der Waals surface area contributed by atoms with Crippen molar-refractivity contribution in [3.05, 3.63) is 90.0 Å². The Morgan fingerprint density at radius 3 is 2.35 bits per heavy atom. The summed E-state index contributed by atoms with van der Waals surface area (Å²) in [5.74, 6) is -0.300. The summed E-state index contributed by atoms with van der Waals surface area (Å²) in [6.45, 7) is 8.08. The molecule has 242 valence electrons. The van der Waals surface area contributed by atoms with Gasteiger partial charge in [0.2, 0.25) is 0 Å². The topological polar surface area (TPSA) is 106 Å². The molecule has 0 aromatic heterocycles. The first-order valence-electron chi connectivity index (χ1n) is 16.5. The lowest BCUT2D eigenvalue weighted by Gasteiger charge is -2.39. The summed E-state index contributed by atoms with van der Waals surface area (Å²) in [6, 6.07) is 25.9. The highest BCUT2D eigenvalue weighted by Crippen LogP contribution is 2.59. The van der Waals surface area contributed by atoms with Crippen molar-refractivity contribution < 1.29 is 24.2 Å². The Morgan fingerprint density at radius 2 is 1.63 bits per heavy atom. The van der Waals surface area contributed by atoms with Crippen LogP contribution in [-0.2, 0) is 26.5 Å². The van der Waals surface area contributed by atoms with Gasteiger partial charge in [-0.3, -0.25) is 14.5 Å². The van der Waals surface area contributed by atoms with Crippen molar-refractivity contribution in [2.24, 2.45) is 5.92 Å². The lowest BCUT2D eigenvalue weighted by molar-refractivity contribution is -0.146. The molecule has 4 aliphatic rings. The van der Waals surface area contributed by atoms with E-state index in [4.69, 9.17) is 4.74 Å². The average Bonchev–Trinajstić information content (AvgIpc) is 3.60. The van der Waals surface area contributed by atoms with Gasteiger partial charge in [0.25, 0.3) is 11.8 Å². The Labute approximate surface area is 271 Å². The van der Waals surface area contributed by atoms with Crippen molar-refractivity contribution in [3.63, 3.8) is 0 Å². The number of aliphatic hydroxyl groups excluding tert-OH is 1. The molecule has 0 bridgehead atoms. The molecule has 10 heteroatoms. The molecular weight excluding hydrogens is 597 g/mol. The van der Waals surface area contributed by atoms with Crippen LogP contribution in [0.4, 0.5) is 17.1 Å². The molecule has 3 saturated heterocycles. The third kappa shape index (κ3) is 4.72. The third-order valence-electron chi connectivity index (χ3n) is 10.8. The van der Waals surface area contributed by atoms with Crippen LogP contribution in [0.3, 0.4) is 0 Å². The van der Waals surface area contributed by atoms with Gasteiger partial charge in [-0.15, -0.1) is 0 Å². The largest absolute Gasteiger partial charge is 0.432 e. The van der Waals surface area contributed by atoms with Crippen LogP contribution in [0.2, 0.25) is 18.6 Å². The van der Waals surface area contributed by atoms with Crippen molar-refractivity contribution in [2.45, 2.75) is 68.6 Å². The zero-order valence-corrected chi connectivity index (χ0v) is 27.9. The SMILES string of the molecule is C[C@@H]1[C@@H]([Si](C)(C)O)[C@H](CCO)O[C@@]12C(=O)N(Cc1cccc(N3CN(c4ccccc4)C4(CCNCC4)C3=O)c1)c1ccccc12. The molecule has 3 aromatic rings. The molecule has 7 rings (SSSR count). The van der Waals surface area contributed by atoms with Crippen LogP contribution in [0.1, 0.15) is 37.3 Å². The molecule has 0 radical (unpaired) electrons. The summed E-state index contributed by atoms with van der Waals surface area (Å²) >= 11 is 0. The van der Waals surface area contributed by atoms with E-state index in [0.29, 0.717) is 19.6 Å². The van der Waals surface area contributed by atoms with E-state index >= 15 is 0 Å². The number of hydrogen-bond acceptors (Lipinski definition) is 7. The lowest BCUT2D eigenvalue weighted by atomic mass is 9.82. The Hall–Kier alpha value is -3.54. The zero-order valence-electron chi connectivity index (χ0n) is 26.9. The van der Waals surface area contributed by atoms with Crippen molar-refractivity contribution in [1.29, 1.82) is 0 Å². The van der Waals surface area contributed by atoms with E-state index in [2.05, 4.69) is 22.3 Å². The number of nitrogens with one attached hydrogen (secondary N) is 1. The fraction of sp³-hybridized carbons (Fsp3) is 0.444. The molecule has 3 N–H and O–H groups in total. The quantitative estimate of drug-likeness (QED) is 0.330. The third-order valence-corrected chi connectivity index (χ3v) is 13.3. The number of carbonyl (C=O) groups excluding carboxylic acids is 2. The molecule has 4 aliphatic heterocycles. The Bertz CT molecular complexity index is 1620. The predicted octanol–water partition coefficient (Wildman–Crippen LogP) is 4.35. The lowest BCUT2D eigenvalue weighted by Crippen LogP contribution is -2.55. The molecule has 4 heterocycles. The van der Waals surface area contributed by atoms with Crippen LogP contribution in [0.5, 0.6) is 0 Å². The summed E-state index contributed by atoms with van der Waals surface area (Å²) in [5.41, 5.74) is 2.34. The van der Waals surface area contributed by atoms with Gasteiger partial charge in [0, 0.05) is 35.0 Å². The Kier molecular flexibility index (Phi) is 7.84.